The highest BCUT2D eigenvalue weighted by atomic mass is 35.5. The molecule has 0 saturated heterocycles. The summed E-state index contributed by atoms with van der Waals surface area (Å²) in [7, 11) is 0. The van der Waals surface area contributed by atoms with E-state index in [0.717, 1.165) is 5.56 Å². The van der Waals surface area contributed by atoms with Crippen LogP contribution in [0.1, 0.15) is 5.56 Å². The van der Waals surface area contributed by atoms with Crippen molar-refractivity contribution in [2.24, 2.45) is 0 Å². The van der Waals surface area contributed by atoms with Crippen molar-refractivity contribution >= 4 is 40.5 Å². The first-order valence-electron chi connectivity index (χ1n) is 6.21. The van der Waals surface area contributed by atoms with Crippen molar-refractivity contribution in [1.29, 1.82) is 0 Å². The number of anilines is 2. The molecule has 2 N–H and O–H groups in total. The van der Waals surface area contributed by atoms with Gasteiger partial charge in [0.1, 0.15) is 5.82 Å². The van der Waals surface area contributed by atoms with Gasteiger partial charge in [-0.1, -0.05) is 35.3 Å². The van der Waals surface area contributed by atoms with Crippen LogP contribution in [0.2, 0.25) is 10.0 Å². The van der Waals surface area contributed by atoms with Crippen molar-refractivity contribution in [3.8, 4) is 0 Å². The summed E-state index contributed by atoms with van der Waals surface area (Å²) >= 11 is 11.9. The standard InChI is InChI=1S/C15H13Cl2FN2O/c1-9-5-6-13(12(18)7-9)19-8-14(21)20-15-10(16)3-2-4-11(15)17/h2-7,19H,8H2,1H3,(H,20,21). The van der Waals surface area contributed by atoms with E-state index in [-0.39, 0.29) is 18.1 Å². The van der Waals surface area contributed by atoms with Gasteiger partial charge in [0.2, 0.25) is 5.91 Å². The average Bonchev–Trinajstić information content (AvgIpc) is 2.42. The Bertz CT molecular complexity index is 656. The number of carbonyl (C=O) groups excluding carboxylic acids is 1. The van der Waals surface area contributed by atoms with Gasteiger partial charge < -0.3 is 10.6 Å². The maximum atomic E-state index is 13.6. The van der Waals surface area contributed by atoms with E-state index in [4.69, 9.17) is 23.2 Å². The van der Waals surface area contributed by atoms with Gasteiger partial charge in [-0.25, -0.2) is 4.39 Å². The van der Waals surface area contributed by atoms with Crippen molar-refractivity contribution in [3.05, 3.63) is 57.8 Å². The number of nitrogens with one attached hydrogen (secondary N) is 2. The normalized spacial score (nSPS) is 10.3. The molecule has 0 aliphatic carbocycles. The van der Waals surface area contributed by atoms with Crippen molar-refractivity contribution in [2.75, 3.05) is 17.2 Å². The summed E-state index contributed by atoms with van der Waals surface area (Å²) in [6.07, 6.45) is 0. The topological polar surface area (TPSA) is 41.1 Å². The fourth-order valence-electron chi connectivity index (χ4n) is 1.74. The van der Waals surface area contributed by atoms with Gasteiger partial charge in [0.25, 0.3) is 0 Å². The Morgan fingerprint density at radius 3 is 2.48 bits per heavy atom. The second kappa shape index (κ2) is 6.78. The molecule has 0 atom stereocenters. The van der Waals surface area contributed by atoms with Gasteiger partial charge in [-0.3, -0.25) is 4.79 Å². The Morgan fingerprint density at radius 2 is 1.86 bits per heavy atom. The molecule has 0 bridgehead atoms. The number of hydrogen-bond acceptors (Lipinski definition) is 2. The monoisotopic (exact) mass is 326 g/mol. The minimum atomic E-state index is -0.404. The van der Waals surface area contributed by atoms with Crippen LogP contribution in [0.4, 0.5) is 15.8 Å². The molecule has 0 aliphatic rings. The SMILES string of the molecule is Cc1ccc(NCC(=O)Nc2c(Cl)cccc2Cl)c(F)c1. The minimum Gasteiger partial charge on any atom is -0.374 e. The van der Waals surface area contributed by atoms with Crippen LogP contribution in [-0.2, 0) is 4.79 Å². The number of hydrogen-bond donors (Lipinski definition) is 2. The fourth-order valence-corrected chi connectivity index (χ4v) is 2.23. The van der Waals surface area contributed by atoms with Gasteiger partial charge in [0, 0.05) is 0 Å². The number of benzene rings is 2. The van der Waals surface area contributed by atoms with Crippen LogP contribution in [-0.4, -0.2) is 12.5 Å². The first-order chi connectivity index (χ1) is 9.97. The highest BCUT2D eigenvalue weighted by Gasteiger charge is 2.10. The molecule has 0 spiro atoms. The van der Waals surface area contributed by atoms with Crippen molar-refractivity contribution in [2.45, 2.75) is 6.92 Å². The smallest absolute Gasteiger partial charge is 0.243 e. The van der Waals surface area contributed by atoms with Crippen LogP contribution in [0.25, 0.3) is 0 Å². The third-order valence-electron chi connectivity index (χ3n) is 2.79. The lowest BCUT2D eigenvalue weighted by atomic mass is 10.2. The van der Waals surface area contributed by atoms with E-state index in [1.54, 1.807) is 37.3 Å². The molecule has 6 heteroatoms. The van der Waals surface area contributed by atoms with E-state index in [0.29, 0.717) is 15.7 Å². The van der Waals surface area contributed by atoms with Crippen LogP contribution < -0.4 is 10.6 Å². The molecule has 0 saturated carbocycles. The molecule has 3 nitrogen and oxygen atoms in total. The summed E-state index contributed by atoms with van der Waals surface area (Å²) < 4.78 is 13.6. The quantitative estimate of drug-likeness (QED) is 0.869. The summed E-state index contributed by atoms with van der Waals surface area (Å²) in [5.74, 6) is -0.774. The van der Waals surface area contributed by atoms with Gasteiger partial charge in [-0.05, 0) is 36.8 Å². The predicted molar refractivity (Wildman–Crippen MR) is 84.7 cm³/mol. The van der Waals surface area contributed by atoms with Crippen LogP contribution in [0.15, 0.2) is 36.4 Å². The number of amides is 1. The molecule has 0 aromatic heterocycles. The lowest BCUT2D eigenvalue weighted by Crippen LogP contribution is -2.22. The molecule has 1 amide bonds. The maximum Gasteiger partial charge on any atom is 0.243 e. The lowest BCUT2D eigenvalue weighted by molar-refractivity contribution is -0.114. The fraction of sp³-hybridized carbons (Fsp3) is 0.133. The minimum absolute atomic E-state index is 0.0957. The van der Waals surface area contributed by atoms with Crippen LogP contribution in [0.5, 0.6) is 0 Å². The molecular formula is C15H13Cl2FN2O. The Morgan fingerprint density at radius 1 is 1.19 bits per heavy atom. The van der Waals surface area contributed by atoms with Crippen molar-refractivity contribution in [1.82, 2.24) is 0 Å². The van der Waals surface area contributed by atoms with E-state index < -0.39 is 5.82 Å². The molecule has 2 aromatic rings. The average molecular weight is 327 g/mol. The molecule has 0 radical (unpaired) electrons. The first kappa shape index (κ1) is 15.6. The highest BCUT2D eigenvalue weighted by Crippen LogP contribution is 2.29. The number of aryl methyl sites for hydroxylation is 1. The molecule has 0 fully saturated rings. The van der Waals surface area contributed by atoms with Crippen molar-refractivity contribution in [3.63, 3.8) is 0 Å². The van der Waals surface area contributed by atoms with E-state index in [1.165, 1.54) is 6.07 Å². The van der Waals surface area contributed by atoms with E-state index in [1.807, 2.05) is 0 Å². The summed E-state index contributed by atoms with van der Waals surface area (Å²) in [6, 6.07) is 9.66. The van der Waals surface area contributed by atoms with Gasteiger partial charge in [-0.15, -0.1) is 0 Å². The Labute approximate surface area is 132 Å². The van der Waals surface area contributed by atoms with Gasteiger partial charge in [0.05, 0.1) is 28.0 Å². The summed E-state index contributed by atoms with van der Waals surface area (Å²) in [4.78, 5) is 11.9. The summed E-state index contributed by atoms with van der Waals surface area (Å²) in [5, 5.41) is 6.01. The Kier molecular flexibility index (Phi) is 5.04. The van der Waals surface area contributed by atoms with Crippen LogP contribution in [0, 0.1) is 12.7 Å². The molecule has 0 unspecified atom stereocenters. The molecule has 2 rings (SSSR count). The molecule has 0 aliphatic heterocycles. The molecule has 110 valence electrons. The molecular weight excluding hydrogens is 314 g/mol. The molecule has 0 heterocycles. The van der Waals surface area contributed by atoms with Gasteiger partial charge in [0.15, 0.2) is 0 Å². The predicted octanol–water partition coefficient (Wildman–Crippen LogP) is 4.49. The number of para-hydroxylation sites is 1. The summed E-state index contributed by atoms with van der Waals surface area (Å²) in [6.45, 7) is 1.69. The van der Waals surface area contributed by atoms with Crippen LogP contribution in [0.3, 0.4) is 0 Å². The van der Waals surface area contributed by atoms with Crippen molar-refractivity contribution < 1.29 is 9.18 Å². The van der Waals surface area contributed by atoms with Crippen LogP contribution >= 0.6 is 23.2 Å². The second-order valence-electron chi connectivity index (χ2n) is 4.48. The Balaban J connectivity index is 1.99. The summed E-state index contributed by atoms with van der Waals surface area (Å²) in [5.41, 5.74) is 1.42. The van der Waals surface area contributed by atoms with E-state index >= 15 is 0 Å². The first-order valence-corrected chi connectivity index (χ1v) is 6.97. The zero-order chi connectivity index (χ0) is 15.4. The zero-order valence-electron chi connectivity index (χ0n) is 11.2. The maximum absolute atomic E-state index is 13.6. The third-order valence-corrected chi connectivity index (χ3v) is 3.42. The Hall–Kier alpha value is -1.78. The number of rotatable bonds is 4. The van der Waals surface area contributed by atoms with E-state index in [9.17, 15) is 9.18 Å². The highest BCUT2D eigenvalue weighted by molar-refractivity contribution is 6.39. The zero-order valence-corrected chi connectivity index (χ0v) is 12.7. The lowest BCUT2D eigenvalue weighted by Gasteiger charge is -2.11. The van der Waals surface area contributed by atoms with Gasteiger partial charge >= 0.3 is 0 Å². The third kappa shape index (κ3) is 4.09. The molecule has 21 heavy (non-hydrogen) atoms. The second-order valence-corrected chi connectivity index (χ2v) is 5.30. The number of carbonyl (C=O) groups is 1. The van der Waals surface area contributed by atoms with Gasteiger partial charge in [-0.2, -0.15) is 0 Å². The molecule has 2 aromatic carbocycles. The number of halogens is 3. The van der Waals surface area contributed by atoms with E-state index in [2.05, 4.69) is 10.6 Å². The largest absolute Gasteiger partial charge is 0.374 e.